The van der Waals surface area contributed by atoms with Crippen molar-refractivity contribution in [1.82, 2.24) is 0 Å². The summed E-state index contributed by atoms with van der Waals surface area (Å²) in [6, 6.07) is 8.38. The third-order valence-corrected chi connectivity index (χ3v) is 3.73. The monoisotopic (exact) mass is 234 g/mol. The molecule has 2 nitrogen and oxygen atoms in total. The first-order valence-electron chi connectivity index (χ1n) is 6.63. The first-order chi connectivity index (χ1) is 8.29. The molecule has 2 rings (SSSR count). The van der Waals surface area contributed by atoms with E-state index in [0.29, 0.717) is 6.61 Å². The SMILES string of the molecule is CC1CCC(c2ccc(OCCO)cc2)CC1. The normalized spacial score (nSPS) is 24.6. The molecule has 0 aromatic heterocycles. The summed E-state index contributed by atoms with van der Waals surface area (Å²) in [5, 5.41) is 8.69. The van der Waals surface area contributed by atoms with Crippen LogP contribution in [0.4, 0.5) is 0 Å². The molecule has 0 radical (unpaired) electrons. The van der Waals surface area contributed by atoms with Crippen molar-refractivity contribution in [1.29, 1.82) is 0 Å². The molecule has 1 N–H and O–H groups in total. The van der Waals surface area contributed by atoms with Crippen LogP contribution in [0.15, 0.2) is 24.3 Å². The second-order valence-electron chi connectivity index (χ2n) is 5.10. The number of rotatable bonds is 4. The number of hydrogen-bond donors (Lipinski definition) is 1. The summed E-state index contributed by atoms with van der Waals surface area (Å²) in [5.41, 5.74) is 1.44. The molecule has 1 aliphatic rings. The highest BCUT2D eigenvalue weighted by Crippen LogP contribution is 2.35. The molecule has 0 bridgehead atoms. The molecule has 17 heavy (non-hydrogen) atoms. The van der Waals surface area contributed by atoms with Gasteiger partial charge in [0.2, 0.25) is 0 Å². The average Bonchev–Trinajstić information content (AvgIpc) is 2.38. The summed E-state index contributed by atoms with van der Waals surface area (Å²) < 4.78 is 5.36. The van der Waals surface area contributed by atoms with Crippen LogP contribution in [0.1, 0.15) is 44.1 Å². The van der Waals surface area contributed by atoms with Gasteiger partial charge in [0.25, 0.3) is 0 Å². The predicted molar refractivity (Wildman–Crippen MR) is 69.4 cm³/mol. The Bertz CT molecular complexity index is 323. The zero-order valence-corrected chi connectivity index (χ0v) is 10.6. The average molecular weight is 234 g/mol. The van der Waals surface area contributed by atoms with Gasteiger partial charge in [-0.1, -0.05) is 31.9 Å². The Labute approximate surface area is 104 Å². The standard InChI is InChI=1S/C15H22O2/c1-12-2-4-13(5-3-12)14-6-8-15(9-7-14)17-11-10-16/h6-9,12-13,16H,2-5,10-11H2,1H3. The minimum absolute atomic E-state index is 0.0717. The van der Waals surface area contributed by atoms with Crippen LogP contribution >= 0.6 is 0 Å². The Kier molecular flexibility index (Phi) is 4.43. The largest absolute Gasteiger partial charge is 0.491 e. The lowest BCUT2D eigenvalue weighted by atomic mass is 9.79. The van der Waals surface area contributed by atoms with Crippen LogP contribution in [0.5, 0.6) is 5.75 Å². The molecule has 0 saturated heterocycles. The van der Waals surface area contributed by atoms with Crippen LogP contribution in [0.2, 0.25) is 0 Å². The molecular formula is C15H22O2. The van der Waals surface area contributed by atoms with Crippen molar-refractivity contribution in [3.8, 4) is 5.75 Å². The van der Waals surface area contributed by atoms with Crippen molar-refractivity contribution in [2.75, 3.05) is 13.2 Å². The second-order valence-corrected chi connectivity index (χ2v) is 5.10. The molecule has 1 aromatic rings. The van der Waals surface area contributed by atoms with Gasteiger partial charge in [-0.2, -0.15) is 0 Å². The van der Waals surface area contributed by atoms with Gasteiger partial charge in [0.05, 0.1) is 6.61 Å². The summed E-state index contributed by atoms with van der Waals surface area (Å²) in [5.74, 6) is 2.49. The van der Waals surface area contributed by atoms with Gasteiger partial charge >= 0.3 is 0 Å². The van der Waals surface area contributed by atoms with E-state index in [1.807, 2.05) is 12.1 Å². The zero-order chi connectivity index (χ0) is 12.1. The molecular weight excluding hydrogens is 212 g/mol. The van der Waals surface area contributed by atoms with Crippen LogP contribution < -0.4 is 4.74 Å². The van der Waals surface area contributed by atoms with Gasteiger partial charge in [-0.25, -0.2) is 0 Å². The van der Waals surface area contributed by atoms with Crippen LogP contribution in [-0.2, 0) is 0 Å². The van der Waals surface area contributed by atoms with Gasteiger partial charge in [-0.05, 0) is 42.4 Å². The Morgan fingerprint density at radius 3 is 2.35 bits per heavy atom. The van der Waals surface area contributed by atoms with Crippen molar-refractivity contribution in [2.45, 2.75) is 38.5 Å². The Morgan fingerprint density at radius 1 is 1.12 bits per heavy atom. The van der Waals surface area contributed by atoms with E-state index in [1.165, 1.54) is 31.2 Å². The minimum Gasteiger partial charge on any atom is -0.491 e. The lowest BCUT2D eigenvalue weighted by Crippen LogP contribution is -2.10. The van der Waals surface area contributed by atoms with E-state index in [1.54, 1.807) is 0 Å². The number of benzene rings is 1. The molecule has 2 heteroatoms. The highest BCUT2D eigenvalue weighted by molar-refractivity contribution is 5.29. The third-order valence-electron chi connectivity index (χ3n) is 3.73. The van der Waals surface area contributed by atoms with Gasteiger partial charge < -0.3 is 9.84 Å². The van der Waals surface area contributed by atoms with Gasteiger partial charge in [-0.15, -0.1) is 0 Å². The fourth-order valence-corrected chi connectivity index (χ4v) is 2.59. The Balaban J connectivity index is 1.93. The highest BCUT2D eigenvalue weighted by Gasteiger charge is 2.19. The van der Waals surface area contributed by atoms with E-state index in [-0.39, 0.29) is 6.61 Å². The van der Waals surface area contributed by atoms with E-state index in [0.717, 1.165) is 17.6 Å². The van der Waals surface area contributed by atoms with E-state index in [2.05, 4.69) is 19.1 Å². The van der Waals surface area contributed by atoms with E-state index in [4.69, 9.17) is 9.84 Å². The third kappa shape index (κ3) is 3.47. The zero-order valence-electron chi connectivity index (χ0n) is 10.6. The van der Waals surface area contributed by atoms with Crippen molar-refractivity contribution >= 4 is 0 Å². The van der Waals surface area contributed by atoms with Crippen LogP contribution in [0.25, 0.3) is 0 Å². The van der Waals surface area contributed by atoms with E-state index < -0.39 is 0 Å². The molecule has 1 aliphatic carbocycles. The van der Waals surface area contributed by atoms with Crippen LogP contribution in [-0.4, -0.2) is 18.3 Å². The smallest absolute Gasteiger partial charge is 0.119 e. The predicted octanol–water partition coefficient (Wildman–Crippen LogP) is 3.35. The van der Waals surface area contributed by atoms with Crippen molar-refractivity contribution in [3.05, 3.63) is 29.8 Å². The van der Waals surface area contributed by atoms with Crippen molar-refractivity contribution in [3.63, 3.8) is 0 Å². The second kappa shape index (κ2) is 6.06. The molecule has 0 amide bonds. The van der Waals surface area contributed by atoms with Gasteiger partial charge in [0.1, 0.15) is 12.4 Å². The topological polar surface area (TPSA) is 29.5 Å². The molecule has 0 unspecified atom stereocenters. The Morgan fingerprint density at radius 2 is 1.76 bits per heavy atom. The minimum atomic E-state index is 0.0717. The first-order valence-corrected chi connectivity index (χ1v) is 6.63. The summed E-state index contributed by atoms with van der Waals surface area (Å²) in [7, 11) is 0. The number of aliphatic hydroxyl groups excluding tert-OH is 1. The van der Waals surface area contributed by atoms with E-state index in [9.17, 15) is 0 Å². The van der Waals surface area contributed by atoms with Crippen molar-refractivity contribution < 1.29 is 9.84 Å². The lowest BCUT2D eigenvalue weighted by Gasteiger charge is -2.26. The summed E-state index contributed by atoms with van der Waals surface area (Å²) in [4.78, 5) is 0. The van der Waals surface area contributed by atoms with Crippen molar-refractivity contribution in [2.24, 2.45) is 5.92 Å². The van der Waals surface area contributed by atoms with E-state index >= 15 is 0 Å². The molecule has 1 aromatic carbocycles. The summed E-state index contributed by atoms with van der Waals surface area (Å²) >= 11 is 0. The first kappa shape index (κ1) is 12.4. The molecule has 0 aliphatic heterocycles. The lowest BCUT2D eigenvalue weighted by molar-refractivity contribution is 0.201. The molecule has 0 spiro atoms. The number of aliphatic hydroxyl groups is 1. The number of hydrogen-bond acceptors (Lipinski definition) is 2. The molecule has 94 valence electrons. The fraction of sp³-hybridized carbons (Fsp3) is 0.600. The molecule has 0 heterocycles. The van der Waals surface area contributed by atoms with Gasteiger partial charge in [0, 0.05) is 0 Å². The fourth-order valence-electron chi connectivity index (χ4n) is 2.59. The number of ether oxygens (including phenoxy) is 1. The maximum atomic E-state index is 8.69. The maximum absolute atomic E-state index is 8.69. The van der Waals surface area contributed by atoms with Crippen LogP contribution in [0.3, 0.4) is 0 Å². The molecule has 0 atom stereocenters. The Hall–Kier alpha value is -1.02. The quantitative estimate of drug-likeness (QED) is 0.865. The highest BCUT2D eigenvalue weighted by atomic mass is 16.5. The van der Waals surface area contributed by atoms with Gasteiger partial charge in [-0.3, -0.25) is 0 Å². The summed E-state index contributed by atoms with van der Waals surface area (Å²) in [6.07, 6.45) is 5.34. The molecule has 1 fully saturated rings. The molecule has 1 saturated carbocycles. The summed E-state index contributed by atoms with van der Waals surface area (Å²) in [6.45, 7) is 2.80. The van der Waals surface area contributed by atoms with Gasteiger partial charge in [0.15, 0.2) is 0 Å². The maximum Gasteiger partial charge on any atom is 0.119 e. The van der Waals surface area contributed by atoms with Crippen LogP contribution in [0, 0.1) is 5.92 Å².